The minimum absolute atomic E-state index is 0.122. The Morgan fingerprint density at radius 1 is 1.35 bits per heavy atom. The topological polar surface area (TPSA) is 36.9 Å². The Morgan fingerprint density at radius 3 is 2.85 bits per heavy atom. The summed E-state index contributed by atoms with van der Waals surface area (Å²) in [4.78, 5) is 10.5. The first kappa shape index (κ1) is 15.3. The number of aliphatic imine (C=N–C) groups is 1. The molecular formula is C15H22ClN3O. The van der Waals surface area contributed by atoms with E-state index in [-0.39, 0.29) is 6.17 Å². The molecule has 0 unspecified atom stereocenters. The van der Waals surface area contributed by atoms with Crippen LogP contribution in [0.4, 0.5) is 0 Å². The summed E-state index contributed by atoms with van der Waals surface area (Å²) >= 11 is 6.26. The van der Waals surface area contributed by atoms with Gasteiger partial charge >= 0.3 is 0 Å². The van der Waals surface area contributed by atoms with Gasteiger partial charge in [0.25, 0.3) is 0 Å². The third kappa shape index (κ3) is 3.72. The van der Waals surface area contributed by atoms with E-state index < -0.39 is 0 Å². The van der Waals surface area contributed by atoms with Crippen LogP contribution in [0.15, 0.2) is 29.3 Å². The molecule has 1 N–H and O–H groups in total. The Labute approximate surface area is 125 Å². The summed E-state index contributed by atoms with van der Waals surface area (Å²) < 4.78 is 0. The van der Waals surface area contributed by atoms with Gasteiger partial charge in [-0.1, -0.05) is 36.7 Å². The van der Waals surface area contributed by atoms with Gasteiger partial charge < -0.3 is 10.2 Å². The smallest absolute Gasteiger partial charge is 0.211 e. The van der Waals surface area contributed by atoms with E-state index >= 15 is 0 Å². The van der Waals surface area contributed by atoms with Crippen molar-refractivity contribution < 1.29 is 4.84 Å². The Morgan fingerprint density at radius 2 is 2.15 bits per heavy atom. The van der Waals surface area contributed by atoms with Crippen LogP contribution in [0.2, 0.25) is 5.02 Å². The largest absolute Gasteiger partial charge is 0.388 e. The molecule has 1 atom stereocenters. The quantitative estimate of drug-likeness (QED) is 0.783. The second-order valence-corrected chi connectivity index (χ2v) is 5.11. The van der Waals surface area contributed by atoms with Crippen molar-refractivity contribution in [3.05, 3.63) is 34.9 Å². The molecule has 1 aromatic carbocycles. The lowest BCUT2D eigenvalue weighted by molar-refractivity contribution is -0.0816. The Bertz CT molecular complexity index is 464. The fraction of sp³-hybridized carbons (Fsp3) is 0.533. The van der Waals surface area contributed by atoms with Gasteiger partial charge in [-0.05, 0) is 32.5 Å². The van der Waals surface area contributed by atoms with Gasteiger partial charge in [0, 0.05) is 23.6 Å². The monoisotopic (exact) mass is 295 g/mol. The Balaban J connectivity index is 2.03. The van der Waals surface area contributed by atoms with Crippen molar-refractivity contribution in [2.45, 2.75) is 32.9 Å². The highest BCUT2D eigenvalue weighted by molar-refractivity contribution is 6.31. The lowest BCUT2D eigenvalue weighted by atomic mass is 10.1. The zero-order valence-electron chi connectivity index (χ0n) is 12.1. The van der Waals surface area contributed by atoms with Gasteiger partial charge in [-0.2, -0.15) is 0 Å². The van der Waals surface area contributed by atoms with Crippen LogP contribution in [0.5, 0.6) is 0 Å². The van der Waals surface area contributed by atoms with E-state index in [0.29, 0.717) is 0 Å². The van der Waals surface area contributed by atoms with Gasteiger partial charge in [0.1, 0.15) is 0 Å². The molecule has 2 rings (SSSR count). The normalized spacial score (nSPS) is 18.9. The van der Waals surface area contributed by atoms with Crippen molar-refractivity contribution >= 4 is 17.5 Å². The summed E-state index contributed by atoms with van der Waals surface area (Å²) in [6.07, 6.45) is 1.76. The second kappa shape index (κ2) is 7.62. The first-order valence-electron chi connectivity index (χ1n) is 7.22. The van der Waals surface area contributed by atoms with Gasteiger partial charge in [0.2, 0.25) is 5.90 Å². The van der Waals surface area contributed by atoms with Crippen molar-refractivity contribution in [2.24, 2.45) is 4.99 Å². The van der Waals surface area contributed by atoms with E-state index in [1.54, 1.807) is 0 Å². The number of rotatable bonds is 7. The molecule has 1 aliphatic heterocycles. The number of halogens is 1. The average Bonchev–Trinajstić information content (AvgIpc) is 2.87. The van der Waals surface area contributed by atoms with Crippen LogP contribution in [-0.2, 0) is 4.84 Å². The molecule has 110 valence electrons. The SMILES string of the molecule is CCNCCCC1=N[C@H](c2ccccc2Cl)N(CC)O1. The number of benzene rings is 1. The van der Waals surface area contributed by atoms with Gasteiger partial charge in [-0.25, -0.2) is 4.99 Å². The first-order valence-corrected chi connectivity index (χ1v) is 7.60. The fourth-order valence-corrected chi connectivity index (χ4v) is 2.44. The predicted molar refractivity (Wildman–Crippen MR) is 82.9 cm³/mol. The van der Waals surface area contributed by atoms with Crippen molar-refractivity contribution in [2.75, 3.05) is 19.6 Å². The van der Waals surface area contributed by atoms with Crippen molar-refractivity contribution in [3.8, 4) is 0 Å². The maximum Gasteiger partial charge on any atom is 0.211 e. The van der Waals surface area contributed by atoms with E-state index in [4.69, 9.17) is 16.4 Å². The Hall–Kier alpha value is -1.10. The van der Waals surface area contributed by atoms with E-state index in [9.17, 15) is 0 Å². The molecule has 1 aromatic rings. The predicted octanol–water partition coefficient (Wildman–Crippen LogP) is 3.39. The average molecular weight is 296 g/mol. The van der Waals surface area contributed by atoms with Gasteiger partial charge in [-0.3, -0.25) is 0 Å². The molecule has 0 bridgehead atoms. The minimum Gasteiger partial charge on any atom is -0.388 e. The molecule has 0 spiro atoms. The minimum atomic E-state index is -0.122. The standard InChI is InChI=1S/C15H22ClN3O/c1-3-17-11-7-10-14-18-15(19(4-2)20-14)12-8-5-6-9-13(12)16/h5-6,8-9,15,17H,3-4,7,10-11H2,1-2H3/t15-/m0/s1. The second-order valence-electron chi connectivity index (χ2n) is 4.70. The number of hydrogen-bond acceptors (Lipinski definition) is 4. The van der Waals surface area contributed by atoms with Crippen molar-refractivity contribution in [1.29, 1.82) is 0 Å². The van der Waals surface area contributed by atoms with E-state index in [0.717, 1.165) is 49.0 Å². The maximum absolute atomic E-state index is 6.26. The summed E-state index contributed by atoms with van der Waals surface area (Å²) in [7, 11) is 0. The zero-order chi connectivity index (χ0) is 14.4. The highest BCUT2D eigenvalue weighted by Gasteiger charge is 2.29. The molecule has 4 nitrogen and oxygen atoms in total. The summed E-state index contributed by atoms with van der Waals surface area (Å²) in [5.41, 5.74) is 0.998. The van der Waals surface area contributed by atoms with Gasteiger partial charge in [0.15, 0.2) is 6.17 Å². The van der Waals surface area contributed by atoms with Gasteiger partial charge in [-0.15, -0.1) is 5.06 Å². The van der Waals surface area contributed by atoms with Gasteiger partial charge in [0.05, 0.1) is 0 Å². The number of nitrogens with one attached hydrogen (secondary N) is 1. The first-order chi connectivity index (χ1) is 9.76. The van der Waals surface area contributed by atoms with Crippen LogP contribution in [0, 0.1) is 0 Å². The molecule has 5 heteroatoms. The van der Waals surface area contributed by atoms with Crippen molar-refractivity contribution in [1.82, 2.24) is 10.4 Å². The lowest BCUT2D eigenvalue weighted by Gasteiger charge is -2.20. The summed E-state index contributed by atoms with van der Waals surface area (Å²) in [5, 5.41) is 5.92. The van der Waals surface area contributed by atoms with Crippen LogP contribution in [0.1, 0.15) is 38.4 Å². The van der Waals surface area contributed by atoms with Crippen LogP contribution in [-0.4, -0.2) is 30.6 Å². The molecular weight excluding hydrogens is 274 g/mol. The molecule has 0 fully saturated rings. The Kier molecular flexibility index (Phi) is 5.83. The van der Waals surface area contributed by atoms with Crippen molar-refractivity contribution in [3.63, 3.8) is 0 Å². The van der Waals surface area contributed by atoms with Crippen LogP contribution in [0.3, 0.4) is 0 Å². The van der Waals surface area contributed by atoms with E-state index in [2.05, 4.69) is 24.2 Å². The molecule has 20 heavy (non-hydrogen) atoms. The number of nitrogens with zero attached hydrogens (tertiary/aromatic N) is 2. The molecule has 0 amide bonds. The molecule has 0 aliphatic carbocycles. The summed E-state index contributed by atoms with van der Waals surface area (Å²) in [5.74, 6) is 0.801. The lowest BCUT2D eigenvalue weighted by Crippen LogP contribution is -2.24. The summed E-state index contributed by atoms with van der Waals surface area (Å²) in [6.45, 7) is 6.92. The molecule has 1 aliphatic rings. The number of hydroxylamine groups is 2. The zero-order valence-corrected chi connectivity index (χ0v) is 12.9. The summed E-state index contributed by atoms with van der Waals surface area (Å²) in [6, 6.07) is 7.81. The molecule has 1 heterocycles. The molecule has 0 saturated heterocycles. The highest BCUT2D eigenvalue weighted by Crippen LogP contribution is 2.32. The van der Waals surface area contributed by atoms with Crippen LogP contribution in [0.25, 0.3) is 0 Å². The molecule has 0 aromatic heterocycles. The maximum atomic E-state index is 6.26. The van der Waals surface area contributed by atoms with Crippen LogP contribution >= 0.6 is 11.6 Å². The molecule has 0 saturated carbocycles. The highest BCUT2D eigenvalue weighted by atomic mass is 35.5. The third-order valence-electron chi connectivity index (χ3n) is 3.25. The molecule has 0 radical (unpaired) electrons. The fourth-order valence-electron chi connectivity index (χ4n) is 2.21. The van der Waals surface area contributed by atoms with E-state index in [1.165, 1.54) is 0 Å². The third-order valence-corrected chi connectivity index (χ3v) is 3.60. The van der Waals surface area contributed by atoms with Crippen LogP contribution < -0.4 is 5.32 Å². The van der Waals surface area contributed by atoms with E-state index in [1.807, 2.05) is 29.3 Å². The number of hydrogen-bond donors (Lipinski definition) is 1.